The second-order valence-electron chi connectivity index (χ2n) is 4.03. The Morgan fingerprint density at radius 1 is 1.32 bits per heavy atom. The number of thiophene rings is 1. The van der Waals surface area contributed by atoms with Crippen molar-refractivity contribution in [3.63, 3.8) is 0 Å². The van der Waals surface area contributed by atoms with Crippen LogP contribution >= 0.6 is 43.2 Å². The van der Waals surface area contributed by atoms with Crippen LogP contribution in [0.3, 0.4) is 0 Å². The lowest BCUT2D eigenvalue weighted by atomic mass is 10.0. The molecule has 0 aliphatic rings. The smallest absolute Gasteiger partial charge is 0.143 e. The average molecular weight is 411 g/mol. The van der Waals surface area contributed by atoms with E-state index in [1.54, 1.807) is 18.4 Å². The summed E-state index contributed by atoms with van der Waals surface area (Å²) in [5.74, 6) is -1.05. The van der Waals surface area contributed by atoms with Gasteiger partial charge in [-0.05, 0) is 63.5 Å². The Labute approximate surface area is 131 Å². The molecule has 1 heterocycles. The maximum Gasteiger partial charge on any atom is 0.143 e. The van der Waals surface area contributed by atoms with Crippen molar-refractivity contribution in [3.8, 4) is 0 Å². The summed E-state index contributed by atoms with van der Waals surface area (Å²) in [6, 6.07) is 4.50. The van der Waals surface area contributed by atoms with Crippen LogP contribution in [0.5, 0.6) is 0 Å². The van der Waals surface area contributed by atoms with Crippen molar-refractivity contribution >= 4 is 43.2 Å². The van der Waals surface area contributed by atoms with E-state index in [9.17, 15) is 8.78 Å². The number of hydrogen-bond acceptors (Lipinski definition) is 2. The highest BCUT2D eigenvalue weighted by Crippen LogP contribution is 2.30. The quantitative estimate of drug-likeness (QED) is 0.695. The zero-order chi connectivity index (χ0) is 14.0. The Morgan fingerprint density at radius 3 is 2.63 bits per heavy atom. The van der Waals surface area contributed by atoms with Gasteiger partial charge in [0.25, 0.3) is 0 Å². The Bertz CT molecular complexity index is 586. The van der Waals surface area contributed by atoms with E-state index in [1.807, 2.05) is 11.4 Å². The highest BCUT2D eigenvalue weighted by atomic mass is 79.9. The SMILES string of the molecule is CNC(Cc1c(F)ccc(Br)c1F)c1cc(Br)cs1. The molecule has 0 spiro atoms. The molecule has 0 aliphatic heterocycles. The van der Waals surface area contributed by atoms with Gasteiger partial charge in [-0.15, -0.1) is 11.3 Å². The first kappa shape index (κ1) is 15.1. The molecule has 0 saturated heterocycles. The van der Waals surface area contributed by atoms with E-state index in [0.717, 1.165) is 9.35 Å². The maximum atomic E-state index is 14.0. The van der Waals surface area contributed by atoms with Gasteiger partial charge >= 0.3 is 0 Å². The molecule has 1 atom stereocenters. The normalized spacial score (nSPS) is 12.7. The third-order valence-electron chi connectivity index (χ3n) is 2.83. The predicted molar refractivity (Wildman–Crippen MR) is 81.6 cm³/mol. The Kier molecular flexibility index (Phi) is 5.11. The second kappa shape index (κ2) is 6.43. The number of benzene rings is 1. The van der Waals surface area contributed by atoms with Crippen LogP contribution in [0.15, 0.2) is 32.5 Å². The number of rotatable bonds is 4. The van der Waals surface area contributed by atoms with E-state index in [1.165, 1.54) is 12.1 Å². The molecule has 1 aromatic carbocycles. The Balaban J connectivity index is 2.31. The van der Waals surface area contributed by atoms with Crippen molar-refractivity contribution in [3.05, 3.63) is 54.6 Å². The van der Waals surface area contributed by atoms with Gasteiger partial charge < -0.3 is 5.32 Å². The van der Waals surface area contributed by atoms with Gasteiger partial charge in [-0.1, -0.05) is 0 Å². The van der Waals surface area contributed by atoms with Crippen molar-refractivity contribution in [2.45, 2.75) is 12.5 Å². The summed E-state index contributed by atoms with van der Waals surface area (Å²) < 4.78 is 29.0. The molecule has 2 aromatic rings. The molecule has 6 heteroatoms. The van der Waals surface area contributed by atoms with E-state index < -0.39 is 11.6 Å². The summed E-state index contributed by atoms with van der Waals surface area (Å²) in [4.78, 5) is 1.04. The summed E-state index contributed by atoms with van der Waals surface area (Å²) in [6.07, 6.45) is 0.264. The second-order valence-corrected chi connectivity index (χ2v) is 6.75. The Hall–Kier alpha value is -0.300. The summed E-state index contributed by atoms with van der Waals surface area (Å²) in [5, 5.41) is 5.05. The first-order valence-corrected chi connectivity index (χ1v) is 8.03. The fraction of sp³-hybridized carbons (Fsp3) is 0.231. The van der Waals surface area contributed by atoms with Gasteiger partial charge in [0.15, 0.2) is 0 Å². The lowest BCUT2D eigenvalue weighted by Crippen LogP contribution is -2.19. The summed E-state index contributed by atoms with van der Waals surface area (Å²) >= 11 is 8.02. The van der Waals surface area contributed by atoms with Crippen molar-refractivity contribution in [1.29, 1.82) is 0 Å². The predicted octanol–water partition coefficient (Wildman–Crippen LogP) is 5.05. The number of likely N-dealkylation sites (N-methyl/N-ethyl adjacent to an activating group) is 1. The van der Waals surface area contributed by atoms with Crippen molar-refractivity contribution < 1.29 is 8.78 Å². The molecule has 102 valence electrons. The Morgan fingerprint density at radius 2 is 2.05 bits per heavy atom. The molecule has 19 heavy (non-hydrogen) atoms. The highest BCUT2D eigenvalue weighted by molar-refractivity contribution is 9.10. The van der Waals surface area contributed by atoms with E-state index in [4.69, 9.17) is 0 Å². The lowest BCUT2D eigenvalue weighted by molar-refractivity contribution is 0.516. The highest BCUT2D eigenvalue weighted by Gasteiger charge is 2.19. The van der Waals surface area contributed by atoms with Gasteiger partial charge in [-0.2, -0.15) is 0 Å². The van der Waals surface area contributed by atoms with Crippen LogP contribution in [0.1, 0.15) is 16.5 Å². The number of halogens is 4. The first-order chi connectivity index (χ1) is 9.02. The fourth-order valence-corrected chi connectivity index (χ4v) is 3.74. The minimum atomic E-state index is -0.532. The van der Waals surface area contributed by atoms with Gasteiger partial charge in [-0.25, -0.2) is 8.78 Å². The largest absolute Gasteiger partial charge is 0.312 e. The van der Waals surface area contributed by atoms with Gasteiger partial charge in [-0.3, -0.25) is 0 Å². The van der Waals surface area contributed by atoms with Crippen molar-refractivity contribution in [2.24, 2.45) is 0 Å². The van der Waals surface area contributed by atoms with Crippen LogP contribution in [0.25, 0.3) is 0 Å². The minimum Gasteiger partial charge on any atom is -0.312 e. The third kappa shape index (κ3) is 3.42. The molecule has 1 N–H and O–H groups in total. The lowest BCUT2D eigenvalue weighted by Gasteiger charge is -2.16. The van der Waals surface area contributed by atoms with Gasteiger partial charge in [0.05, 0.1) is 4.47 Å². The van der Waals surface area contributed by atoms with Crippen LogP contribution in [0, 0.1) is 11.6 Å². The van der Waals surface area contributed by atoms with Crippen LogP contribution in [0.4, 0.5) is 8.78 Å². The average Bonchev–Trinajstić information content (AvgIpc) is 2.81. The standard InChI is InChI=1S/C13H11Br2F2NS/c1-18-11(12-4-7(14)6-19-12)5-8-10(16)3-2-9(15)13(8)17/h2-4,6,11,18H,5H2,1H3. The van der Waals surface area contributed by atoms with Crippen molar-refractivity contribution in [2.75, 3.05) is 7.05 Å². The van der Waals surface area contributed by atoms with Gasteiger partial charge in [0, 0.05) is 26.3 Å². The summed E-state index contributed by atoms with van der Waals surface area (Å²) in [5.41, 5.74) is 0.0956. The van der Waals surface area contributed by atoms with E-state index in [-0.39, 0.29) is 22.5 Å². The fourth-order valence-electron chi connectivity index (χ4n) is 1.82. The monoisotopic (exact) mass is 409 g/mol. The molecule has 1 aromatic heterocycles. The van der Waals surface area contributed by atoms with Crippen LogP contribution in [-0.2, 0) is 6.42 Å². The number of nitrogens with one attached hydrogen (secondary N) is 1. The van der Waals surface area contributed by atoms with E-state index >= 15 is 0 Å². The summed E-state index contributed by atoms with van der Waals surface area (Å²) in [6.45, 7) is 0. The molecule has 2 rings (SSSR count). The zero-order valence-corrected chi connectivity index (χ0v) is 14.0. The van der Waals surface area contributed by atoms with E-state index in [0.29, 0.717) is 0 Å². The zero-order valence-electron chi connectivity index (χ0n) is 10.0. The molecule has 0 aliphatic carbocycles. The maximum absolute atomic E-state index is 14.0. The molecule has 0 saturated carbocycles. The summed E-state index contributed by atoms with van der Waals surface area (Å²) in [7, 11) is 1.78. The topological polar surface area (TPSA) is 12.0 Å². The molecule has 0 amide bonds. The molecule has 0 fully saturated rings. The van der Waals surface area contributed by atoms with Gasteiger partial charge in [0.1, 0.15) is 11.6 Å². The molecule has 0 bridgehead atoms. The van der Waals surface area contributed by atoms with E-state index in [2.05, 4.69) is 37.2 Å². The molecule has 0 radical (unpaired) electrons. The van der Waals surface area contributed by atoms with Crippen LogP contribution < -0.4 is 5.32 Å². The molecular formula is C13H11Br2F2NS. The molecule has 1 nitrogen and oxygen atoms in total. The molecular weight excluding hydrogens is 400 g/mol. The first-order valence-electron chi connectivity index (χ1n) is 5.56. The van der Waals surface area contributed by atoms with Gasteiger partial charge in [0.2, 0.25) is 0 Å². The van der Waals surface area contributed by atoms with Crippen molar-refractivity contribution in [1.82, 2.24) is 5.32 Å². The van der Waals surface area contributed by atoms with Crippen LogP contribution in [0.2, 0.25) is 0 Å². The third-order valence-corrected chi connectivity index (χ3v) is 5.25. The van der Waals surface area contributed by atoms with Crippen LogP contribution in [-0.4, -0.2) is 7.05 Å². The number of hydrogen-bond donors (Lipinski definition) is 1. The molecule has 1 unspecified atom stereocenters. The minimum absolute atomic E-state index is 0.0956.